The minimum atomic E-state index is 0.160. The summed E-state index contributed by atoms with van der Waals surface area (Å²) < 4.78 is 1.97. The van der Waals surface area contributed by atoms with Crippen molar-refractivity contribution < 1.29 is 5.11 Å². The van der Waals surface area contributed by atoms with Crippen LogP contribution < -0.4 is 5.32 Å². The molecule has 1 aliphatic carbocycles. The van der Waals surface area contributed by atoms with Gasteiger partial charge in [-0.25, -0.2) is 0 Å². The maximum Gasteiger partial charge on any atom is 0.0669 e. The molecule has 1 heterocycles. The number of aromatic nitrogens is 2. The SMILES string of the molecule is CCc1nn(CCO)c(CC)c1CNC1CC1. The Bertz CT molecular complexity index is 369. The molecule has 4 heteroatoms. The van der Waals surface area contributed by atoms with Gasteiger partial charge in [0.25, 0.3) is 0 Å². The van der Waals surface area contributed by atoms with E-state index in [4.69, 9.17) is 5.11 Å². The lowest BCUT2D eigenvalue weighted by atomic mass is 10.1. The summed E-state index contributed by atoms with van der Waals surface area (Å²) in [6, 6.07) is 0.727. The second kappa shape index (κ2) is 5.65. The fourth-order valence-corrected chi connectivity index (χ4v) is 2.29. The average molecular weight is 237 g/mol. The van der Waals surface area contributed by atoms with Gasteiger partial charge in [-0.05, 0) is 25.7 Å². The van der Waals surface area contributed by atoms with Crippen LogP contribution in [0.2, 0.25) is 0 Å². The summed E-state index contributed by atoms with van der Waals surface area (Å²) in [4.78, 5) is 0. The van der Waals surface area contributed by atoms with Gasteiger partial charge in [0.1, 0.15) is 0 Å². The van der Waals surface area contributed by atoms with Gasteiger partial charge in [-0.1, -0.05) is 13.8 Å². The molecule has 0 atom stereocenters. The predicted octanol–water partition coefficient (Wildman–Crippen LogP) is 1.25. The van der Waals surface area contributed by atoms with Gasteiger partial charge in [0.15, 0.2) is 0 Å². The molecule has 0 amide bonds. The van der Waals surface area contributed by atoms with E-state index in [1.807, 2.05) is 4.68 Å². The highest BCUT2D eigenvalue weighted by molar-refractivity contribution is 5.27. The van der Waals surface area contributed by atoms with Gasteiger partial charge in [-0.2, -0.15) is 5.10 Å². The van der Waals surface area contributed by atoms with Crippen LogP contribution in [0.15, 0.2) is 0 Å². The van der Waals surface area contributed by atoms with E-state index in [0.29, 0.717) is 6.54 Å². The van der Waals surface area contributed by atoms with Crippen LogP contribution in [0.1, 0.15) is 43.6 Å². The molecule has 96 valence electrons. The Labute approximate surface area is 103 Å². The van der Waals surface area contributed by atoms with Gasteiger partial charge < -0.3 is 10.4 Å². The summed E-state index contributed by atoms with van der Waals surface area (Å²) in [5.41, 5.74) is 3.82. The average Bonchev–Trinajstić information content (AvgIpc) is 3.10. The van der Waals surface area contributed by atoms with Crippen LogP contribution in [0, 0.1) is 0 Å². The van der Waals surface area contributed by atoms with E-state index in [-0.39, 0.29) is 6.61 Å². The van der Waals surface area contributed by atoms with E-state index in [1.54, 1.807) is 0 Å². The second-order valence-corrected chi connectivity index (χ2v) is 4.68. The standard InChI is InChI=1S/C13H23N3O/c1-3-12-11(9-14-10-5-6-10)13(4-2)16(15-12)7-8-17/h10,14,17H,3-9H2,1-2H3. The first-order valence-electron chi connectivity index (χ1n) is 6.71. The third-order valence-corrected chi connectivity index (χ3v) is 3.38. The molecule has 0 aromatic carbocycles. The Morgan fingerprint density at radius 1 is 1.35 bits per heavy atom. The van der Waals surface area contributed by atoms with Crippen molar-refractivity contribution >= 4 is 0 Å². The predicted molar refractivity (Wildman–Crippen MR) is 67.9 cm³/mol. The summed E-state index contributed by atoms with van der Waals surface area (Å²) in [7, 11) is 0. The highest BCUT2D eigenvalue weighted by Gasteiger charge is 2.22. The van der Waals surface area contributed by atoms with Crippen LogP contribution in [0.5, 0.6) is 0 Å². The number of aliphatic hydroxyl groups excluding tert-OH is 1. The molecule has 17 heavy (non-hydrogen) atoms. The van der Waals surface area contributed by atoms with Crippen LogP contribution in [0.25, 0.3) is 0 Å². The zero-order valence-corrected chi connectivity index (χ0v) is 10.9. The van der Waals surface area contributed by atoms with E-state index < -0.39 is 0 Å². The third kappa shape index (κ3) is 2.87. The van der Waals surface area contributed by atoms with E-state index >= 15 is 0 Å². The summed E-state index contributed by atoms with van der Waals surface area (Å²) in [5.74, 6) is 0. The lowest BCUT2D eigenvalue weighted by Gasteiger charge is -2.07. The molecule has 4 nitrogen and oxygen atoms in total. The molecule has 0 radical (unpaired) electrons. The lowest BCUT2D eigenvalue weighted by molar-refractivity contribution is 0.267. The molecule has 1 saturated carbocycles. The van der Waals surface area contributed by atoms with Gasteiger partial charge in [0.05, 0.1) is 18.8 Å². The number of nitrogens with one attached hydrogen (secondary N) is 1. The van der Waals surface area contributed by atoms with Crippen molar-refractivity contribution in [3.63, 3.8) is 0 Å². The number of nitrogens with zero attached hydrogens (tertiary/aromatic N) is 2. The van der Waals surface area contributed by atoms with Crippen LogP contribution in [0.4, 0.5) is 0 Å². The first-order chi connectivity index (χ1) is 8.30. The number of hydrogen-bond donors (Lipinski definition) is 2. The lowest BCUT2D eigenvalue weighted by Crippen LogP contribution is -2.17. The molecule has 2 rings (SSSR count). The molecule has 0 bridgehead atoms. The van der Waals surface area contributed by atoms with E-state index in [1.165, 1.54) is 29.8 Å². The Balaban J connectivity index is 2.17. The Hall–Kier alpha value is -0.870. The molecule has 0 spiro atoms. The van der Waals surface area contributed by atoms with Crippen LogP contribution in [0.3, 0.4) is 0 Å². The van der Waals surface area contributed by atoms with Crippen molar-refractivity contribution in [3.05, 3.63) is 17.0 Å². The number of aryl methyl sites for hydroxylation is 1. The Kier molecular flexibility index (Phi) is 4.18. The van der Waals surface area contributed by atoms with Crippen LogP contribution in [-0.4, -0.2) is 27.5 Å². The minimum Gasteiger partial charge on any atom is -0.394 e. The Morgan fingerprint density at radius 3 is 2.65 bits per heavy atom. The highest BCUT2D eigenvalue weighted by atomic mass is 16.3. The van der Waals surface area contributed by atoms with E-state index in [2.05, 4.69) is 24.3 Å². The molecule has 1 fully saturated rings. The number of aliphatic hydroxyl groups is 1. The van der Waals surface area contributed by atoms with Gasteiger partial charge in [0.2, 0.25) is 0 Å². The number of rotatable bonds is 7. The molecular formula is C13H23N3O. The van der Waals surface area contributed by atoms with Gasteiger partial charge in [-0.3, -0.25) is 4.68 Å². The van der Waals surface area contributed by atoms with Crippen molar-refractivity contribution in [2.24, 2.45) is 0 Å². The molecule has 0 unspecified atom stereocenters. The van der Waals surface area contributed by atoms with Crippen molar-refractivity contribution in [1.82, 2.24) is 15.1 Å². The van der Waals surface area contributed by atoms with Gasteiger partial charge in [0, 0.05) is 23.8 Å². The van der Waals surface area contributed by atoms with E-state index in [9.17, 15) is 0 Å². The molecule has 2 N–H and O–H groups in total. The zero-order valence-electron chi connectivity index (χ0n) is 10.9. The van der Waals surface area contributed by atoms with Crippen molar-refractivity contribution in [2.45, 2.75) is 58.7 Å². The normalized spacial score (nSPS) is 15.5. The fourth-order valence-electron chi connectivity index (χ4n) is 2.29. The molecular weight excluding hydrogens is 214 g/mol. The molecule has 1 aliphatic rings. The smallest absolute Gasteiger partial charge is 0.0669 e. The number of hydrogen-bond acceptors (Lipinski definition) is 3. The van der Waals surface area contributed by atoms with Gasteiger partial charge >= 0.3 is 0 Å². The monoisotopic (exact) mass is 237 g/mol. The summed E-state index contributed by atoms with van der Waals surface area (Å²) >= 11 is 0. The molecule has 1 aromatic heterocycles. The van der Waals surface area contributed by atoms with Gasteiger partial charge in [-0.15, -0.1) is 0 Å². The van der Waals surface area contributed by atoms with Crippen molar-refractivity contribution in [3.8, 4) is 0 Å². The maximum atomic E-state index is 9.06. The second-order valence-electron chi connectivity index (χ2n) is 4.68. The molecule has 1 aromatic rings. The quantitative estimate of drug-likeness (QED) is 0.750. The topological polar surface area (TPSA) is 50.1 Å². The first-order valence-corrected chi connectivity index (χ1v) is 6.71. The van der Waals surface area contributed by atoms with Crippen LogP contribution >= 0.6 is 0 Å². The largest absolute Gasteiger partial charge is 0.394 e. The maximum absolute atomic E-state index is 9.06. The fraction of sp³-hybridized carbons (Fsp3) is 0.769. The van der Waals surface area contributed by atoms with Crippen molar-refractivity contribution in [2.75, 3.05) is 6.61 Å². The van der Waals surface area contributed by atoms with E-state index in [0.717, 1.165) is 25.4 Å². The molecule has 0 saturated heterocycles. The third-order valence-electron chi connectivity index (χ3n) is 3.38. The summed E-state index contributed by atoms with van der Waals surface area (Å²) in [5, 5.41) is 17.2. The van der Waals surface area contributed by atoms with Crippen molar-refractivity contribution in [1.29, 1.82) is 0 Å². The zero-order chi connectivity index (χ0) is 12.3. The summed E-state index contributed by atoms with van der Waals surface area (Å²) in [6.07, 6.45) is 4.57. The highest BCUT2D eigenvalue weighted by Crippen LogP contribution is 2.22. The minimum absolute atomic E-state index is 0.160. The first kappa shape index (κ1) is 12.6. The summed E-state index contributed by atoms with van der Waals surface area (Å²) in [6.45, 7) is 6.01. The Morgan fingerprint density at radius 2 is 2.12 bits per heavy atom. The van der Waals surface area contributed by atoms with Crippen LogP contribution in [-0.2, 0) is 25.9 Å². The molecule has 0 aliphatic heterocycles.